The van der Waals surface area contributed by atoms with Crippen LogP contribution in [0.25, 0.3) is 0 Å². The van der Waals surface area contributed by atoms with E-state index in [0.717, 1.165) is 5.56 Å². The van der Waals surface area contributed by atoms with E-state index in [1.165, 1.54) is 31.3 Å². The SMILES string of the molecule is COc1ccc(C(=O)N(C)Cc2ccc(OC(F)F)cc2)c(OC)c1. The predicted octanol–water partition coefficient (Wildman–Crippen LogP) is 3.58. The van der Waals surface area contributed by atoms with Crippen molar-refractivity contribution in [1.29, 1.82) is 0 Å². The second kappa shape index (κ2) is 8.32. The van der Waals surface area contributed by atoms with Crippen LogP contribution in [0.2, 0.25) is 0 Å². The maximum atomic E-state index is 12.6. The van der Waals surface area contributed by atoms with E-state index in [1.807, 2.05) is 0 Å². The molecule has 5 nitrogen and oxygen atoms in total. The Morgan fingerprint density at radius 2 is 1.68 bits per heavy atom. The second-order valence-corrected chi connectivity index (χ2v) is 5.25. The van der Waals surface area contributed by atoms with Gasteiger partial charge in [0.2, 0.25) is 0 Å². The molecule has 0 aliphatic carbocycles. The van der Waals surface area contributed by atoms with E-state index in [1.54, 1.807) is 37.4 Å². The molecule has 2 aromatic rings. The summed E-state index contributed by atoms with van der Waals surface area (Å²) in [6, 6.07) is 11.1. The van der Waals surface area contributed by atoms with Crippen LogP contribution in [0.5, 0.6) is 17.2 Å². The third-order valence-electron chi connectivity index (χ3n) is 3.55. The standard InChI is InChI=1S/C18H19F2NO4/c1-21(11-12-4-6-13(7-5-12)25-18(19)20)17(22)15-9-8-14(23-2)10-16(15)24-3/h4-10,18H,11H2,1-3H3. The van der Waals surface area contributed by atoms with Crippen molar-refractivity contribution in [3.63, 3.8) is 0 Å². The minimum absolute atomic E-state index is 0.0737. The van der Waals surface area contributed by atoms with Crippen LogP contribution >= 0.6 is 0 Å². The molecule has 0 aliphatic heterocycles. The summed E-state index contributed by atoms with van der Waals surface area (Å²) in [7, 11) is 4.66. The van der Waals surface area contributed by atoms with Crippen LogP contribution in [0.4, 0.5) is 8.78 Å². The van der Waals surface area contributed by atoms with Crippen LogP contribution in [0.15, 0.2) is 42.5 Å². The summed E-state index contributed by atoms with van der Waals surface area (Å²) in [5, 5.41) is 0. The van der Waals surface area contributed by atoms with Gasteiger partial charge >= 0.3 is 6.61 Å². The van der Waals surface area contributed by atoms with Gasteiger partial charge in [-0.3, -0.25) is 4.79 Å². The lowest BCUT2D eigenvalue weighted by molar-refractivity contribution is -0.0498. The quantitative estimate of drug-likeness (QED) is 0.765. The van der Waals surface area contributed by atoms with Gasteiger partial charge in [0.15, 0.2) is 0 Å². The monoisotopic (exact) mass is 351 g/mol. The Bertz CT molecular complexity index is 720. The van der Waals surface area contributed by atoms with Gasteiger partial charge in [0.1, 0.15) is 17.2 Å². The largest absolute Gasteiger partial charge is 0.497 e. The first-order valence-electron chi connectivity index (χ1n) is 7.46. The van der Waals surface area contributed by atoms with E-state index in [9.17, 15) is 13.6 Å². The molecule has 0 spiro atoms. The van der Waals surface area contributed by atoms with Crippen LogP contribution < -0.4 is 14.2 Å². The van der Waals surface area contributed by atoms with Crippen molar-refractivity contribution in [2.45, 2.75) is 13.2 Å². The topological polar surface area (TPSA) is 48.0 Å². The minimum Gasteiger partial charge on any atom is -0.497 e. The number of rotatable bonds is 7. The Labute approximate surface area is 144 Å². The molecule has 0 atom stereocenters. The molecule has 7 heteroatoms. The molecule has 0 N–H and O–H groups in total. The van der Waals surface area contributed by atoms with Crippen molar-refractivity contribution in [2.75, 3.05) is 21.3 Å². The highest BCUT2D eigenvalue weighted by Crippen LogP contribution is 2.26. The molecule has 0 saturated heterocycles. The first kappa shape index (κ1) is 18.5. The van der Waals surface area contributed by atoms with E-state index in [0.29, 0.717) is 23.6 Å². The smallest absolute Gasteiger partial charge is 0.387 e. The highest BCUT2D eigenvalue weighted by atomic mass is 19.3. The minimum atomic E-state index is -2.86. The second-order valence-electron chi connectivity index (χ2n) is 5.25. The molecular formula is C18H19F2NO4. The molecule has 0 fully saturated rings. The van der Waals surface area contributed by atoms with Crippen LogP contribution in [-0.2, 0) is 6.54 Å². The molecule has 0 radical (unpaired) electrons. The third-order valence-corrected chi connectivity index (χ3v) is 3.55. The zero-order chi connectivity index (χ0) is 18.4. The number of benzene rings is 2. The molecule has 0 saturated carbocycles. The zero-order valence-electron chi connectivity index (χ0n) is 14.2. The maximum absolute atomic E-state index is 12.6. The fourth-order valence-corrected chi connectivity index (χ4v) is 2.30. The number of halogens is 2. The van der Waals surface area contributed by atoms with Gasteiger partial charge in [0.05, 0.1) is 19.8 Å². The summed E-state index contributed by atoms with van der Waals surface area (Å²) in [4.78, 5) is 14.1. The van der Waals surface area contributed by atoms with Crippen molar-refractivity contribution >= 4 is 5.91 Å². The Morgan fingerprint density at radius 3 is 2.24 bits per heavy atom. The Kier molecular flexibility index (Phi) is 6.16. The molecule has 0 unspecified atom stereocenters. The number of methoxy groups -OCH3 is 2. The van der Waals surface area contributed by atoms with E-state index in [2.05, 4.69) is 4.74 Å². The van der Waals surface area contributed by atoms with Gasteiger partial charge in [-0.25, -0.2) is 0 Å². The Balaban J connectivity index is 2.10. The van der Waals surface area contributed by atoms with Gasteiger partial charge < -0.3 is 19.1 Å². The van der Waals surface area contributed by atoms with Gasteiger partial charge in [-0.05, 0) is 29.8 Å². The van der Waals surface area contributed by atoms with Gasteiger partial charge in [-0.1, -0.05) is 12.1 Å². The van der Waals surface area contributed by atoms with Crippen molar-refractivity contribution in [3.05, 3.63) is 53.6 Å². The first-order chi connectivity index (χ1) is 11.9. The fraction of sp³-hybridized carbons (Fsp3) is 0.278. The normalized spacial score (nSPS) is 10.5. The molecule has 134 valence electrons. The van der Waals surface area contributed by atoms with Crippen LogP contribution in [0, 0.1) is 0 Å². The lowest BCUT2D eigenvalue weighted by atomic mass is 10.1. The maximum Gasteiger partial charge on any atom is 0.387 e. The highest BCUT2D eigenvalue weighted by Gasteiger charge is 2.17. The Hall–Kier alpha value is -2.83. The van der Waals surface area contributed by atoms with Crippen molar-refractivity contribution in [1.82, 2.24) is 4.90 Å². The number of carbonyl (C=O) groups is 1. The van der Waals surface area contributed by atoms with Crippen LogP contribution in [0.3, 0.4) is 0 Å². The number of hydrogen-bond acceptors (Lipinski definition) is 4. The number of carbonyl (C=O) groups excluding carboxylic acids is 1. The van der Waals surface area contributed by atoms with Crippen molar-refractivity contribution in [2.24, 2.45) is 0 Å². The number of hydrogen-bond donors (Lipinski definition) is 0. The number of ether oxygens (including phenoxy) is 3. The number of nitrogens with zero attached hydrogens (tertiary/aromatic N) is 1. The molecule has 0 aliphatic rings. The molecule has 25 heavy (non-hydrogen) atoms. The summed E-state index contributed by atoms with van der Waals surface area (Å²) >= 11 is 0. The van der Waals surface area contributed by atoms with E-state index in [-0.39, 0.29) is 11.7 Å². The van der Waals surface area contributed by atoms with Gasteiger partial charge in [0.25, 0.3) is 5.91 Å². The molecule has 0 heterocycles. The molecule has 2 rings (SSSR count). The molecule has 2 aromatic carbocycles. The average molecular weight is 351 g/mol. The first-order valence-corrected chi connectivity index (χ1v) is 7.46. The lowest BCUT2D eigenvalue weighted by Gasteiger charge is -2.19. The molecule has 1 amide bonds. The summed E-state index contributed by atoms with van der Waals surface area (Å²) in [5.41, 5.74) is 1.19. The summed E-state index contributed by atoms with van der Waals surface area (Å²) in [5.74, 6) is 0.847. The summed E-state index contributed by atoms with van der Waals surface area (Å²) < 4.78 is 39.0. The van der Waals surface area contributed by atoms with E-state index >= 15 is 0 Å². The Morgan fingerprint density at radius 1 is 1.04 bits per heavy atom. The van der Waals surface area contributed by atoms with Crippen LogP contribution in [0.1, 0.15) is 15.9 Å². The third kappa shape index (κ3) is 4.82. The lowest BCUT2D eigenvalue weighted by Crippen LogP contribution is -2.26. The molecule has 0 aromatic heterocycles. The zero-order valence-corrected chi connectivity index (χ0v) is 14.2. The van der Waals surface area contributed by atoms with Gasteiger partial charge in [-0.15, -0.1) is 0 Å². The van der Waals surface area contributed by atoms with Gasteiger partial charge in [0, 0.05) is 19.7 Å². The fourth-order valence-electron chi connectivity index (χ4n) is 2.30. The van der Waals surface area contributed by atoms with Crippen molar-refractivity contribution in [3.8, 4) is 17.2 Å². The molecular weight excluding hydrogens is 332 g/mol. The van der Waals surface area contributed by atoms with Crippen LogP contribution in [-0.4, -0.2) is 38.7 Å². The average Bonchev–Trinajstić information content (AvgIpc) is 2.61. The molecule has 0 bridgehead atoms. The number of alkyl halides is 2. The highest BCUT2D eigenvalue weighted by molar-refractivity contribution is 5.97. The van der Waals surface area contributed by atoms with Crippen molar-refractivity contribution < 1.29 is 27.8 Å². The summed E-state index contributed by atoms with van der Waals surface area (Å²) in [6.45, 7) is -2.55. The number of amides is 1. The van der Waals surface area contributed by atoms with E-state index < -0.39 is 6.61 Å². The predicted molar refractivity (Wildman–Crippen MR) is 88.4 cm³/mol. The van der Waals surface area contributed by atoms with Gasteiger partial charge in [-0.2, -0.15) is 8.78 Å². The van der Waals surface area contributed by atoms with E-state index in [4.69, 9.17) is 9.47 Å². The summed E-state index contributed by atoms with van der Waals surface area (Å²) in [6.07, 6.45) is 0.